The van der Waals surface area contributed by atoms with Gasteiger partial charge >= 0.3 is 0 Å². The van der Waals surface area contributed by atoms with Crippen LogP contribution in [0.25, 0.3) is 0 Å². The minimum atomic E-state index is -2.78. The van der Waals surface area contributed by atoms with Crippen molar-refractivity contribution >= 4 is 9.84 Å². The first-order chi connectivity index (χ1) is 9.43. The summed E-state index contributed by atoms with van der Waals surface area (Å²) < 4.78 is 23.2. The molecule has 2 atom stereocenters. The van der Waals surface area contributed by atoms with Gasteiger partial charge < -0.3 is 5.32 Å². The van der Waals surface area contributed by atoms with E-state index in [0.717, 1.165) is 19.4 Å². The number of benzene rings is 1. The molecule has 4 heteroatoms. The standard InChI is InChI=1S/C16H25NO2S/c1-4-17-16(10-14-8-9-20(18,19)11-14)15-7-5-6-12(2)13(15)3/h5-7,14,16-17H,4,8-11H2,1-3H3. The van der Waals surface area contributed by atoms with Gasteiger partial charge in [-0.3, -0.25) is 0 Å². The fourth-order valence-corrected chi connectivity index (χ4v) is 4.99. The fraction of sp³-hybridized carbons (Fsp3) is 0.625. The van der Waals surface area contributed by atoms with Crippen molar-refractivity contribution in [2.45, 2.75) is 39.7 Å². The quantitative estimate of drug-likeness (QED) is 0.908. The molecule has 0 amide bonds. The fourth-order valence-electron chi connectivity index (χ4n) is 3.11. The van der Waals surface area contributed by atoms with Crippen LogP contribution in [0.15, 0.2) is 18.2 Å². The second kappa shape index (κ2) is 6.27. The normalized spacial score (nSPS) is 22.9. The Morgan fingerprint density at radius 1 is 1.35 bits per heavy atom. The first-order valence-electron chi connectivity index (χ1n) is 7.43. The minimum Gasteiger partial charge on any atom is -0.310 e. The molecule has 1 N–H and O–H groups in total. The summed E-state index contributed by atoms with van der Waals surface area (Å²) in [7, 11) is -2.78. The first kappa shape index (κ1) is 15.5. The van der Waals surface area contributed by atoms with Crippen LogP contribution < -0.4 is 5.32 Å². The van der Waals surface area contributed by atoms with Gasteiger partial charge in [0.2, 0.25) is 0 Å². The van der Waals surface area contributed by atoms with Gasteiger partial charge in [-0.05, 0) is 55.8 Å². The predicted octanol–water partition coefficient (Wildman–Crippen LogP) is 2.78. The van der Waals surface area contributed by atoms with Crippen molar-refractivity contribution in [2.75, 3.05) is 18.1 Å². The zero-order valence-corrected chi connectivity index (χ0v) is 13.5. The van der Waals surface area contributed by atoms with E-state index in [0.29, 0.717) is 17.4 Å². The topological polar surface area (TPSA) is 46.2 Å². The molecule has 112 valence electrons. The lowest BCUT2D eigenvalue weighted by Gasteiger charge is -2.24. The maximum absolute atomic E-state index is 11.6. The third kappa shape index (κ3) is 3.61. The number of hydrogen-bond acceptors (Lipinski definition) is 3. The van der Waals surface area contributed by atoms with Crippen molar-refractivity contribution in [1.29, 1.82) is 0 Å². The number of nitrogens with one attached hydrogen (secondary N) is 1. The molecule has 1 aliphatic heterocycles. The molecule has 1 aliphatic rings. The van der Waals surface area contributed by atoms with Crippen LogP contribution in [0.2, 0.25) is 0 Å². The van der Waals surface area contributed by atoms with Crippen LogP contribution in [0.3, 0.4) is 0 Å². The highest BCUT2D eigenvalue weighted by Gasteiger charge is 2.30. The largest absolute Gasteiger partial charge is 0.310 e. The zero-order valence-electron chi connectivity index (χ0n) is 12.6. The Bertz CT molecular complexity index is 566. The van der Waals surface area contributed by atoms with Crippen LogP contribution in [0.4, 0.5) is 0 Å². The maximum Gasteiger partial charge on any atom is 0.150 e. The van der Waals surface area contributed by atoms with Crippen LogP contribution >= 0.6 is 0 Å². The second-order valence-electron chi connectivity index (χ2n) is 5.90. The van der Waals surface area contributed by atoms with Gasteiger partial charge in [-0.2, -0.15) is 0 Å². The number of sulfone groups is 1. The van der Waals surface area contributed by atoms with Gasteiger partial charge in [0, 0.05) is 6.04 Å². The molecular formula is C16H25NO2S. The number of hydrogen-bond donors (Lipinski definition) is 1. The highest BCUT2D eigenvalue weighted by Crippen LogP contribution is 2.31. The molecule has 0 saturated carbocycles. The highest BCUT2D eigenvalue weighted by atomic mass is 32.2. The van der Waals surface area contributed by atoms with Crippen LogP contribution in [-0.2, 0) is 9.84 Å². The van der Waals surface area contributed by atoms with Crippen LogP contribution in [-0.4, -0.2) is 26.5 Å². The average molecular weight is 295 g/mol. The predicted molar refractivity (Wildman–Crippen MR) is 83.7 cm³/mol. The van der Waals surface area contributed by atoms with Crippen molar-refractivity contribution < 1.29 is 8.42 Å². The van der Waals surface area contributed by atoms with E-state index in [1.807, 2.05) is 0 Å². The van der Waals surface area contributed by atoms with E-state index in [9.17, 15) is 8.42 Å². The molecule has 0 radical (unpaired) electrons. The van der Waals surface area contributed by atoms with E-state index < -0.39 is 9.84 Å². The van der Waals surface area contributed by atoms with Gasteiger partial charge in [0.25, 0.3) is 0 Å². The minimum absolute atomic E-state index is 0.262. The van der Waals surface area contributed by atoms with Crippen molar-refractivity contribution in [3.8, 4) is 0 Å². The van der Waals surface area contributed by atoms with Crippen LogP contribution in [0.5, 0.6) is 0 Å². The summed E-state index contributed by atoms with van der Waals surface area (Å²) in [5.74, 6) is 1.02. The third-order valence-electron chi connectivity index (χ3n) is 4.37. The van der Waals surface area contributed by atoms with E-state index in [1.165, 1.54) is 16.7 Å². The molecule has 1 aromatic rings. The Morgan fingerprint density at radius 3 is 2.70 bits per heavy atom. The Labute approximate surface area is 122 Å². The molecule has 2 unspecified atom stereocenters. The SMILES string of the molecule is CCNC(CC1CCS(=O)(=O)C1)c1cccc(C)c1C. The second-order valence-corrected chi connectivity index (χ2v) is 8.13. The van der Waals surface area contributed by atoms with Gasteiger partial charge in [-0.15, -0.1) is 0 Å². The molecule has 3 nitrogen and oxygen atoms in total. The number of rotatable bonds is 5. The zero-order chi connectivity index (χ0) is 14.8. The Morgan fingerprint density at radius 2 is 2.10 bits per heavy atom. The van der Waals surface area contributed by atoms with Gasteiger partial charge in [0.15, 0.2) is 9.84 Å². The average Bonchev–Trinajstić information content (AvgIpc) is 2.72. The molecule has 20 heavy (non-hydrogen) atoms. The summed E-state index contributed by atoms with van der Waals surface area (Å²) in [6.07, 6.45) is 1.73. The summed E-state index contributed by atoms with van der Waals surface area (Å²) in [6, 6.07) is 6.65. The third-order valence-corrected chi connectivity index (χ3v) is 6.21. The van der Waals surface area contributed by atoms with Crippen LogP contribution in [0.1, 0.15) is 42.5 Å². The molecule has 0 aromatic heterocycles. The van der Waals surface area contributed by atoms with E-state index in [1.54, 1.807) is 0 Å². The molecule has 0 aliphatic carbocycles. The first-order valence-corrected chi connectivity index (χ1v) is 9.25. The van der Waals surface area contributed by atoms with Crippen molar-refractivity contribution in [3.63, 3.8) is 0 Å². The summed E-state index contributed by atoms with van der Waals surface area (Å²) in [5.41, 5.74) is 3.93. The lowest BCUT2D eigenvalue weighted by Crippen LogP contribution is -2.25. The maximum atomic E-state index is 11.6. The molecule has 1 fully saturated rings. The van der Waals surface area contributed by atoms with E-state index >= 15 is 0 Å². The smallest absolute Gasteiger partial charge is 0.150 e. The summed E-state index contributed by atoms with van der Waals surface area (Å²) in [6.45, 7) is 7.28. The van der Waals surface area contributed by atoms with Gasteiger partial charge in [-0.25, -0.2) is 8.42 Å². The molecular weight excluding hydrogens is 270 g/mol. The molecule has 0 bridgehead atoms. The van der Waals surface area contributed by atoms with Crippen molar-refractivity contribution in [3.05, 3.63) is 34.9 Å². The van der Waals surface area contributed by atoms with Crippen molar-refractivity contribution in [2.24, 2.45) is 5.92 Å². The van der Waals surface area contributed by atoms with Gasteiger partial charge in [0.05, 0.1) is 11.5 Å². The van der Waals surface area contributed by atoms with E-state index in [4.69, 9.17) is 0 Å². The molecule has 2 rings (SSSR count). The lowest BCUT2D eigenvalue weighted by molar-refractivity contribution is 0.420. The van der Waals surface area contributed by atoms with E-state index in [-0.39, 0.29) is 6.04 Å². The lowest BCUT2D eigenvalue weighted by atomic mass is 9.90. The van der Waals surface area contributed by atoms with Gasteiger partial charge in [0.1, 0.15) is 0 Å². The Balaban J connectivity index is 2.17. The Hall–Kier alpha value is -0.870. The monoisotopic (exact) mass is 295 g/mol. The summed E-state index contributed by atoms with van der Waals surface area (Å²) in [5, 5.41) is 3.53. The summed E-state index contributed by atoms with van der Waals surface area (Å²) in [4.78, 5) is 0. The number of aryl methyl sites for hydroxylation is 1. The summed E-state index contributed by atoms with van der Waals surface area (Å²) >= 11 is 0. The molecule has 1 saturated heterocycles. The molecule has 1 aromatic carbocycles. The van der Waals surface area contributed by atoms with Crippen molar-refractivity contribution in [1.82, 2.24) is 5.32 Å². The van der Waals surface area contributed by atoms with Gasteiger partial charge in [-0.1, -0.05) is 25.1 Å². The molecule has 0 spiro atoms. The Kier molecular flexibility index (Phi) is 4.86. The molecule has 1 heterocycles. The van der Waals surface area contributed by atoms with Crippen LogP contribution in [0, 0.1) is 19.8 Å². The van der Waals surface area contributed by atoms with E-state index in [2.05, 4.69) is 44.3 Å². The highest BCUT2D eigenvalue weighted by molar-refractivity contribution is 7.91.